The average molecular weight is 481 g/mol. The molecule has 3 rings (SSSR count). The molecule has 35 heavy (non-hydrogen) atoms. The van der Waals surface area contributed by atoms with Gasteiger partial charge in [-0.1, -0.05) is 63.6 Å². The van der Waals surface area contributed by atoms with Gasteiger partial charge in [-0.3, -0.25) is 19.4 Å². The predicted molar refractivity (Wildman–Crippen MR) is 141 cm³/mol. The Labute approximate surface area is 210 Å². The van der Waals surface area contributed by atoms with Crippen molar-refractivity contribution in [1.82, 2.24) is 15.3 Å². The van der Waals surface area contributed by atoms with Crippen LogP contribution in [-0.4, -0.2) is 54.3 Å². The number of benzene rings is 2. The van der Waals surface area contributed by atoms with E-state index >= 15 is 0 Å². The van der Waals surface area contributed by atoms with Crippen molar-refractivity contribution in [2.45, 2.75) is 60.5 Å². The second-order valence-corrected chi connectivity index (χ2v) is 8.98. The molecule has 7 heteroatoms. The minimum absolute atomic E-state index is 0. The number of hydrazine groups is 1. The lowest BCUT2D eigenvalue weighted by Crippen LogP contribution is -2.48. The second kappa shape index (κ2) is 13.0. The highest BCUT2D eigenvalue weighted by Crippen LogP contribution is 2.25. The second-order valence-electron chi connectivity index (χ2n) is 8.98. The van der Waals surface area contributed by atoms with Crippen molar-refractivity contribution in [2.75, 3.05) is 31.6 Å². The zero-order chi connectivity index (χ0) is 24.7. The lowest BCUT2D eigenvalue weighted by molar-refractivity contribution is -0.145. The van der Waals surface area contributed by atoms with E-state index in [9.17, 15) is 14.4 Å². The van der Waals surface area contributed by atoms with Gasteiger partial charge in [0.05, 0.1) is 13.1 Å². The minimum atomic E-state index is -0.132. The number of hydrogen-bond donors (Lipinski definition) is 1. The normalized spacial score (nSPS) is 12.5. The summed E-state index contributed by atoms with van der Waals surface area (Å²) >= 11 is 0. The molecule has 1 aliphatic rings. The summed E-state index contributed by atoms with van der Waals surface area (Å²) in [4.78, 5) is 39.8. The van der Waals surface area contributed by atoms with Gasteiger partial charge >= 0.3 is 0 Å². The summed E-state index contributed by atoms with van der Waals surface area (Å²) in [6.07, 6.45) is 3.07. The van der Waals surface area contributed by atoms with Gasteiger partial charge < -0.3 is 10.2 Å². The van der Waals surface area contributed by atoms with Crippen LogP contribution in [0.1, 0.15) is 67.6 Å². The SMILES string of the molecule is C.CCCCCNC(=O)CN(CC(=O)N(C)N1Cc2ccccc2C1)c1cc(C(C)=O)ccc1C. The molecule has 0 atom stereocenters. The highest BCUT2D eigenvalue weighted by Gasteiger charge is 2.27. The van der Waals surface area contributed by atoms with Crippen LogP contribution in [0, 0.1) is 6.92 Å². The maximum Gasteiger partial charge on any atom is 0.256 e. The molecule has 1 aliphatic heterocycles. The van der Waals surface area contributed by atoms with Crippen LogP contribution in [0.15, 0.2) is 42.5 Å². The van der Waals surface area contributed by atoms with Gasteiger partial charge in [-0.25, -0.2) is 5.01 Å². The van der Waals surface area contributed by atoms with Crippen LogP contribution in [0.25, 0.3) is 0 Å². The number of rotatable bonds is 11. The van der Waals surface area contributed by atoms with Gasteiger partial charge in [0.15, 0.2) is 5.78 Å². The summed E-state index contributed by atoms with van der Waals surface area (Å²) in [6, 6.07) is 13.6. The number of carbonyl (C=O) groups is 3. The Morgan fingerprint density at radius 1 is 1.00 bits per heavy atom. The topological polar surface area (TPSA) is 73.0 Å². The van der Waals surface area contributed by atoms with Crippen LogP contribution >= 0.6 is 0 Å². The Hall–Kier alpha value is -3.19. The summed E-state index contributed by atoms with van der Waals surface area (Å²) < 4.78 is 0. The number of aryl methyl sites for hydroxylation is 1. The number of nitrogens with zero attached hydrogens (tertiary/aromatic N) is 3. The van der Waals surface area contributed by atoms with Gasteiger partial charge in [0, 0.05) is 37.9 Å². The number of anilines is 1. The first-order valence-electron chi connectivity index (χ1n) is 12.0. The molecule has 0 fully saturated rings. The number of amides is 2. The van der Waals surface area contributed by atoms with Crippen LogP contribution < -0.4 is 10.2 Å². The Balaban J connectivity index is 0.00000432. The molecule has 0 aliphatic carbocycles. The van der Waals surface area contributed by atoms with E-state index in [1.54, 1.807) is 29.1 Å². The lowest BCUT2D eigenvalue weighted by Gasteiger charge is -2.32. The van der Waals surface area contributed by atoms with E-state index < -0.39 is 0 Å². The molecule has 0 unspecified atom stereocenters. The molecule has 190 valence electrons. The number of carbonyl (C=O) groups excluding carboxylic acids is 3. The number of likely N-dealkylation sites (N-methyl/N-ethyl adjacent to an activating group) is 1. The van der Waals surface area contributed by atoms with E-state index in [4.69, 9.17) is 0 Å². The van der Waals surface area contributed by atoms with Crippen molar-refractivity contribution in [3.8, 4) is 0 Å². The Morgan fingerprint density at radius 3 is 2.26 bits per heavy atom. The van der Waals surface area contributed by atoms with Crippen molar-refractivity contribution >= 4 is 23.3 Å². The van der Waals surface area contributed by atoms with Crippen LogP contribution in [0.2, 0.25) is 0 Å². The summed E-state index contributed by atoms with van der Waals surface area (Å²) in [5.41, 5.74) is 4.63. The number of hydrogen-bond acceptors (Lipinski definition) is 5. The molecule has 0 spiro atoms. The maximum absolute atomic E-state index is 13.3. The average Bonchev–Trinajstić information content (AvgIpc) is 3.25. The molecule has 2 amide bonds. The number of nitrogens with one attached hydrogen (secondary N) is 1. The van der Waals surface area contributed by atoms with E-state index in [1.807, 2.05) is 30.1 Å². The third-order valence-corrected chi connectivity index (χ3v) is 6.33. The molecule has 0 saturated carbocycles. The largest absolute Gasteiger partial charge is 0.355 e. The third kappa shape index (κ3) is 7.39. The summed E-state index contributed by atoms with van der Waals surface area (Å²) in [5.74, 6) is -0.296. The molecule has 1 N–H and O–H groups in total. The van der Waals surface area contributed by atoms with E-state index in [1.165, 1.54) is 18.1 Å². The minimum Gasteiger partial charge on any atom is -0.355 e. The standard InChI is InChI=1S/C27H36N4O3.CH4/c1-5-6-9-14-28-26(33)18-30(25-15-22(21(3)32)13-12-20(25)2)19-27(34)29(4)31-16-23-10-7-8-11-24(23)17-31;/h7-8,10-13,15H,5-6,9,14,16-19H2,1-4H3,(H,28,33);1H4. The molecule has 0 radical (unpaired) electrons. The summed E-state index contributed by atoms with van der Waals surface area (Å²) in [5, 5.41) is 6.62. The predicted octanol–water partition coefficient (Wildman–Crippen LogP) is 4.34. The molecule has 7 nitrogen and oxygen atoms in total. The highest BCUT2D eigenvalue weighted by molar-refractivity contribution is 5.96. The molecule has 2 aromatic rings. The fraction of sp³-hybridized carbons (Fsp3) is 0.464. The van der Waals surface area contributed by atoms with Crippen LogP contribution in [0.4, 0.5) is 5.69 Å². The van der Waals surface area contributed by atoms with Crippen LogP contribution in [0.5, 0.6) is 0 Å². The highest BCUT2D eigenvalue weighted by atomic mass is 16.2. The van der Waals surface area contributed by atoms with Crippen LogP contribution in [-0.2, 0) is 22.7 Å². The molecule has 2 aromatic carbocycles. The van der Waals surface area contributed by atoms with Crippen molar-refractivity contribution in [3.05, 3.63) is 64.7 Å². The molecular formula is C28H40N4O3. The third-order valence-electron chi connectivity index (χ3n) is 6.33. The zero-order valence-corrected chi connectivity index (χ0v) is 20.8. The van der Waals surface area contributed by atoms with Crippen molar-refractivity contribution in [1.29, 1.82) is 0 Å². The van der Waals surface area contributed by atoms with Crippen LogP contribution in [0.3, 0.4) is 0 Å². The van der Waals surface area contributed by atoms with E-state index in [0.29, 0.717) is 25.2 Å². The monoisotopic (exact) mass is 480 g/mol. The molecular weight excluding hydrogens is 440 g/mol. The summed E-state index contributed by atoms with van der Waals surface area (Å²) in [7, 11) is 1.77. The number of unbranched alkanes of at least 4 members (excludes halogenated alkanes) is 2. The fourth-order valence-corrected chi connectivity index (χ4v) is 4.18. The van der Waals surface area contributed by atoms with Crippen molar-refractivity contribution < 1.29 is 14.4 Å². The van der Waals surface area contributed by atoms with Gasteiger partial charge in [-0.15, -0.1) is 0 Å². The molecule has 0 saturated heterocycles. The Bertz CT molecular complexity index is 1010. The van der Waals surface area contributed by atoms with Gasteiger partial charge in [0.2, 0.25) is 5.91 Å². The first-order valence-corrected chi connectivity index (χ1v) is 12.0. The molecule has 0 aromatic heterocycles. The first kappa shape index (κ1) is 28.1. The quantitative estimate of drug-likeness (QED) is 0.383. The Morgan fingerprint density at radius 2 is 1.66 bits per heavy atom. The van der Waals surface area contributed by atoms with Gasteiger partial charge in [0.25, 0.3) is 5.91 Å². The van der Waals surface area contributed by atoms with Gasteiger partial charge in [-0.2, -0.15) is 0 Å². The number of Topliss-reactive ketones (excluding diaryl/α,β-unsaturated/α-hetero) is 1. The zero-order valence-electron chi connectivity index (χ0n) is 20.8. The maximum atomic E-state index is 13.3. The Kier molecular flexibility index (Phi) is 10.5. The molecule has 1 heterocycles. The van der Waals surface area contributed by atoms with Crippen molar-refractivity contribution in [2.24, 2.45) is 0 Å². The lowest BCUT2D eigenvalue weighted by atomic mass is 10.1. The van der Waals surface area contributed by atoms with Gasteiger partial charge in [0.1, 0.15) is 0 Å². The smallest absolute Gasteiger partial charge is 0.256 e. The summed E-state index contributed by atoms with van der Waals surface area (Å²) in [6.45, 7) is 7.62. The van der Waals surface area contributed by atoms with Crippen molar-refractivity contribution in [3.63, 3.8) is 0 Å². The van der Waals surface area contributed by atoms with Gasteiger partial charge in [-0.05, 0) is 43.0 Å². The van der Waals surface area contributed by atoms with E-state index in [-0.39, 0.29) is 38.1 Å². The van der Waals surface area contributed by atoms with E-state index in [0.717, 1.165) is 30.5 Å². The number of ketones is 1. The number of fused-ring (bicyclic) bond motifs is 1. The molecule has 0 bridgehead atoms. The fourth-order valence-electron chi connectivity index (χ4n) is 4.18. The van der Waals surface area contributed by atoms with E-state index in [2.05, 4.69) is 24.4 Å². The first-order chi connectivity index (χ1) is 16.3.